The van der Waals surface area contributed by atoms with Crippen molar-refractivity contribution < 1.29 is 14.6 Å². The highest BCUT2D eigenvalue weighted by Gasteiger charge is 2.01. The van der Waals surface area contributed by atoms with Crippen molar-refractivity contribution in [3.05, 3.63) is 12.3 Å². The molecule has 0 aliphatic carbocycles. The van der Waals surface area contributed by atoms with E-state index in [1.54, 1.807) is 6.92 Å². The van der Waals surface area contributed by atoms with Crippen molar-refractivity contribution >= 4 is 5.97 Å². The number of unbranched alkanes of at least 4 members (excludes halogenated alkanes) is 3. The summed E-state index contributed by atoms with van der Waals surface area (Å²) in [6, 6.07) is 0. The lowest BCUT2D eigenvalue weighted by molar-refractivity contribution is -0.139. The molecule has 0 radical (unpaired) electrons. The molecule has 0 amide bonds. The Hall–Kier alpha value is -0.830. The van der Waals surface area contributed by atoms with Crippen LogP contribution in [0.25, 0.3) is 0 Å². The Labute approximate surface area is 79.4 Å². The van der Waals surface area contributed by atoms with E-state index in [1.165, 1.54) is 0 Å². The van der Waals surface area contributed by atoms with E-state index in [0.29, 0.717) is 12.2 Å². The summed E-state index contributed by atoms with van der Waals surface area (Å²) in [5, 5.41) is 8.49. The van der Waals surface area contributed by atoms with Crippen molar-refractivity contribution in [2.24, 2.45) is 0 Å². The summed E-state index contributed by atoms with van der Waals surface area (Å²) in [4.78, 5) is 11.0. The molecule has 0 saturated heterocycles. The zero-order chi connectivity index (χ0) is 10.1. The summed E-state index contributed by atoms with van der Waals surface area (Å²) >= 11 is 0. The zero-order valence-electron chi connectivity index (χ0n) is 8.21. The van der Waals surface area contributed by atoms with E-state index < -0.39 is 0 Å². The van der Waals surface area contributed by atoms with Crippen molar-refractivity contribution in [3.8, 4) is 0 Å². The van der Waals surface area contributed by atoms with Gasteiger partial charge in [0.2, 0.25) is 0 Å². The molecule has 0 rings (SSSR count). The molecule has 0 aromatic rings. The minimum Gasteiger partial charge on any atom is -0.432 e. The van der Waals surface area contributed by atoms with Gasteiger partial charge in [0.15, 0.2) is 0 Å². The van der Waals surface area contributed by atoms with E-state index in [4.69, 9.17) is 9.84 Å². The van der Waals surface area contributed by atoms with Gasteiger partial charge in [-0.05, 0) is 19.8 Å². The van der Waals surface area contributed by atoms with Gasteiger partial charge < -0.3 is 9.84 Å². The quantitative estimate of drug-likeness (QED) is 0.376. The third-order valence-corrected chi connectivity index (χ3v) is 1.58. The van der Waals surface area contributed by atoms with E-state index in [9.17, 15) is 4.79 Å². The normalized spacial score (nSPS) is 9.69. The van der Waals surface area contributed by atoms with E-state index in [2.05, 4.69) is 6.58 Å². The van der Waals surface area contributed by atoms with Crippen LogP contribution in [0, 0.1) is 0 Å². The van der Waals surface area contributed by atoms with Crippen LogP contribution < -0.4 is 0 Å². The molecular formula is C10H18O3. The van der Waals surface area contributed by atoms with Crippen LogP contribution in [0.15, 0.2) is 12.3 Å². The molecule has 0 unspecified atom stereocenters. The summed E-state index contributed by atoms with van der Waals surface area (Å²) < 4.78 is 4.77. The summed E-state index contributed by atoms with van der Waals surface area (Å²) in [5.74, 6) is 0.233. The summed E-state index contributed by atoms with van der Waals surface area (Å²) in [7, 11) is 0. The van der Waals surface area contributed by atoms with E-state index in [0.717, 1.165) is 25.7 Å². The molecule has 0 bridgehead atoms. The maximum atomic E-state index is 11.0. The predicted octanol–water partition coefficient (Wildman–Crippen LogP) is 2.01. The maximum absolute atomic E-state index is 11.0. The summed E-state index contributed by atoms with van der Waals surface area (Å²) in [5.41, 5.74) is 0. The number of esters is 1. The second-order valence-corrected chi connectivity index (χ2v) is 3.06. The van der Waals surface area contributed by atoms with Crippen LogP contribution in [0.5, 0.6) is 0 Å². The number of allylic oxidation sites excluding steroid dienone is 1. The van der Waals surface area contributed by atoms with Crippen LogP contribution >= 0.6 is 0 Å². The first kappa shape index (κ1) is 12.2. The largest absolute Gasteiger partial charge is 0.432 e. The number of carbonyl (C=O) groups excluding carboxylic acids is 1. The second kappa shape index (κ2) is 7.80. The van der Waals surface area contributed by atoms with Gasteiger partial charge in [0, 0.05) is 13.0 Å². The zero-order valence-corrected chi connectivity index (χ0v) is 8.21. The Morgan fingerprint density at radius 3 is 2.46 bits per heavy atom. The predicted molar refractivity (Wildman–Crippen MR) is 51.1 cm³/mol. The van der Waals surface area contributed by atoms with Crippen LogP contribution in [-0.2, 0) is 9.53 Å². The lowest BCUT2D eigenvalue weighted by Gasteiger charge is -2.02. The van der Waals surface area contributed by atoms with Gasteiger partial charge in [-0.1, -0.05) is 19.4 Å². The fraction of sp³-hybridized carbons (Fsp3) is 0.700. The molecule has 13 heavy (non-hydrogen) atoms. The standard InChI is InChI=1S/C10H18O3/c1-9(2)13-10(12)7-5-3-4-6-8-11/h11H,1,3-8H2,2H3. The van der Waals surface area contributed by atoms with Gasteiger partial charge in [-0.2, -0.15) is 0 Å². The Kier molecular flexibility index (Phi) is 7.30. The Bertz CT molecular complexity index is 164. The molecule has 0 atom stereocenters. The molecule has 1 N–H and O–H groups in total. The van der Waals surface area contributed by atoms with Gasteiger partial charge in [0.05, 0.1) is 5.76 Å². The monoisotopic (exact) mass is 186 g/mol. The third kappa shape index (κ3) is 9.08. The van der Waals surface area contributed by atoms with E-state index in [-0.39, 0.29) is 12.6 Å². The van der Waals surface area contributed by atoms with Gasteiger partial charge >= 0.3 is 5.97 Å². The van der Waals surface area contributed by atoms with Gasteiger partial charge in [-0.3, -0.25) is 4.79 Å². The van der Waals surface area contributed by atoms with Crippen molar-refractivity contribution in [1.82, 2.24) is 0 Å². The molecule has 0 saturated carbocycles. The lowest BCUT2D eigenvalue weighted by Crippen LogP contribution is -2.01. The minimum absolute atomic E-state index is 0.212. The fourth-order valence-corrected chi connectivity index (χ4v) is 0.980. The number of ether oxygens (including phenoxy) is 1. The molecule has 0 heterocycles. The van der Waals surface area contributed by atoms with E-state index in [1.807, 2.05) is 0 Å². The van der Waals surface area contributed by atoms with Gasteiger partial charge in [0.25, 0.3) is 0 Å². The molecule has 0 aliphatic heterocycles. The SMILES string of the molecule is C=C(C)OC(=O)CCCCCCO. The average molecular weight is 186 g/mol. The molecule has 3 heteroatoms. The molecular weight excluding hydrogens is 168 g/mol. The highest BCUT2D eigenvalue weighted by atomic mass is 16.5. The Balaban J connectivity index is 3.22. The minimum atomic E-state index is -0.212. The second-order valence-electron chi connectivity index (χ2n) is 3.06. The molecule has 3 nitrogen and oxygen atoms in total. The molecule has 0 aliphatic rings. The number of aliphatic hydroxyl groups excluding tert-OH is 1. The average Bonchev–Trinajstić information content (AvgIpc) is 2.02. The Morgan fingerprint density at radius 2 is 1.92 bits per heavy atom. The number of hydrogen-bond acceptors (Lipinski definition) is 3. The molecule has 76 valence electrons. The van der Waals surface area contributed by atoms with Crippen LogP contribution in [-0.4, -0.2) is 17.7 Å². The fourth-order valence-electron chi connectivity index (χ4n) is 0.980. The van der Waals surface area contributed by atoms with Crippen molar-refractivity contribution in [1.29, 1.82) is 0 Å². The van der Waals surface area contributed by atoms with Gasteiger partial charge in [0.1, 0.15) is 0 Å². The molecule has 0 spiro atoms. The summed E-state index contributed by atoms with van der Waals surface area (Å²) in [6.07, 6.45) is 4.02. The van der Waals surface area contributed by atoms with Gasteiger partial charge in [-0.25, -0.2) is 0 Å². The molecule has 0 aromatic carbocycles. The first-order valence-corrected chi connectivity index (χ1v) is 4.64. The maximum Gasteiger partial charge on any atom is 0.310 e. The number of hydrogen-bond donors (Lipinski definition) is 1. The number of carbonyl (C=O) groups is 1. The van der Waals surface area contributed by atoms with Gasteiger partial charge in [-0.15, -0.1) is 0 Å². The van der Waals surface area contributed by atoms with Crippen LogP contribution in [0.3, 0.4) is 0 Å². The highest BCUT2D eigenvalue weighted by Crippen LogP contribution is 2.05. The first-order chi connectivity index (χ1) is 6.16. The van der Waals surface area contributed by atoms with Crippen molar-refractivity contribution in [3.63, 3.8) is 0 Å². The van der Waals surface area contributed by atoms with Crippen LogP contribution in [0.1, 0.15) is 39.0 Å². The van der Waals surface area contributed by atoms with Crippen molar-refractivity contribution in [2.45, 2.75) is 39.0 Å². The number of aliphatic hydroxyl groups is 1. The molecule has 0 aromatic heterocycles. The van der Waals surface area contributed by atoms with Crippen LogP contribution in [0.2, 0.25) is 0 Å². The topological polar surface area (TPSA) is 46.5 Å². The summed E-state index contributed by atoms with van der Waals surface area (Å²) in [6.45, 7) is 5.37. The number of rotatable bonds is 7. The molecule has 0 fully saturated rings. The lowest BCUT2D eigenvalue weighted by atomic mass is 10.1. The smallest absolute Gasteiger partial charge is 0.310 e. The first-order valence-electron chi connectivity index (χ1n) is 4.64. The van der Waals surface area contributed by atoms with E-state index >= 15 is 0 Å². The Morgan fingerprint density at radius 1 is 1.31 bits per heavy atom. The third-order valence-electron chi connectivity index (χ3n) is 1.58. The highest BCUT2D eigenvalue weighted by molar-refractivity contribution is 5.70. The van der Waals surface area contributed by atoms with Crippen molar-refractivity contribution in [2.75, 3.05) is 6.61 Å². The van der Waals surface area contributed by atoms with Crippen LogP contribution in [0.4, 0.5) is 0 Å².